The molecule has 0 bridgehead atoms. The highest BCUT2D eigenvalue weighted by molar-refractivity contribution is 7.89. The van der Waals surface area contributed by atoms with Gasteiger partial charge in [0, 0.05) is 19.5 Å². The molecule has 5 heteroatoms. The monoisotopic (exact) mass is 280 g/mol. The smallest absolute Gasteiger partial charge is 0.240 e. The largest absolute Gasteiger partial charge is 0.313 e. The molecule has 1 aromatic rings. The van der Waals surface area contributed by atoms with Gasteiger partial charge in [-0.3, -0.25) is 0 Å². The Kier molecular flexibility index (Phi) is 6.57. The maximum Gasteiger partial charge on any atom is 0.240 e. The molecule has 0 aliphatic heterocycles. The van der Waals surface area contributed by atoms with Crippen LogP contribution >= 0.6 is 0 Å². The molecule has 104 valence electrons. The molecule has 0 aliphatic carbocycles. The molecule has 0 amide bonds. The quantitative estimate of drug-likeness (QED) is 0.560. The van der Waals surface area contributed by atoms with Crippen molar-refractivity contribution in [3.8, 4) is 12.3 Å². The number of hydrogen-bond donors (Lipinski definition) is 2. The molecule has 0 heterocycles. The van der Waals surface area contributed by atoms with Crippen LogP contribution in [0.3, 0.4) is 0 Å². The average molecular weight is 280 g/mol. The maximum absolute atomic E-state index is 11.9. The Bertz CT molecular complexity index is 515. The number of benzene rings is 1. The Balaban J connectivity index is 2.62. The minimum Gasteiger partial charge on any atom is -0.313 e. The highest BCUT2D eigenvalue weighted by Gasteiger charge is 2.12. The summed E-state index contributed by atoms with van der Waals surface area (Å²) in [5.41, 5.74) is 1.07. The van der Waals surface area contributed by atoms with E-state index < -0.39 is 10.0 Å². The van der Waals surface area contributed by atoms with Crippen LogP contribution < -0.4 is 10.0 Å². The standard InChI is InChI=1S/C14H20N2O2S/c1-3-5-11-16-19(17,18)14-8-6-13(7-9-14)12-15-10-4-2/h1,6-9,15-16H,4-5,10-12H2,2H3. The van der Waals surface area contributed by atoms with E-state index in [9.17, 15) is 8.42 Å². The summed E-state index contributed by atoms with van der Waals surface area (Å²) in [5.74, 6) is 2.39. The van der Waals surface area contributed by atoms with Gasteiger partial charge in [0.15, 0.2) is 0 Å². The first-order chi connectivity index (χ1) is 9.10. The van der Waals surface area contributed by atoms with Crippen molar-refractivity contribution in [2.24, 2.45) is 0 Å². The van der Waals surface area contributed by atoms with E-state index >= 15 is 0 Å². The molecule has 0 aliphatic rings. The van der Waals surface area contributed by atoms with E-state index in [1.807, 2.05) is 12.1 Å². The zero-order chi connectivity index (χ0) is 14.1. The van der Waals surface area contributed by atoms with Crippen molar-refractivity contribution in [1.29, 1.82) is 0 Å². The third-order valence-electron chi connectivity index (χ3n) is 2.55. The Morgan fingerprint density at radius 3 is 2.47 bits per heavy atom. The molecule has 0 unspecified atom stereocenters. The summed E-state index contributed by atoms with van der Waals surface area (Å²) in [6, 6.07) is 6.86. The lowest BCUT2D eigenvalue weighted by Crippen LogP contribution is -2.24. The van der Waals surface area contributed by atoms with Gasteiger partial charge in [-0.05, 0) is 30.7 Å². The van der Waals surface area contributed by atoms with Crippen LogP contribution in [0.1, 0.15) is 25.3 Å². The third kappa shape index (κ3) is 5.43. The van der Waals surface area contributed by atoms with Crippen molar-refractivity contribution in [2.45, 2.75) is 31.2 Å². The van der Waals surface area contributed by atoms with Gasteiger partial charge in [-0.25, -0.2) is 13.1 Å². The second-order valence-corrected chi connectivity index (χ2v) is 5.94. The molecule has 0 fully saturated rings. The molecule has 4 nitrogen and oxygen atoms in total. The normalized spacial score (nSPS) is 11.2. The van der Waals surface area contributed by atoms with Gasteiger partial charge in [-0.1, -0.05) is 19.1 Å². The van der Waals surface area contributed by atoms with Gasteiger partial charge in [0.1, 0.15) is 0 Å². The van der Waals surface area contributed by atoms with Crippen molar-refractivity contribution >= 4 is 10.0 Å². The predicted molar refractivity (Wildman–Crippen MR) is 77.1 cm³/mol. The second kappa shape index (κ2) is 7.95. The topological polar surface area (TPSA) is 58.2 Å². The second-order valence-electron chi connectivity index (χ2n) is 4.17. The van der Waals surface area contributed by atoms with Gasteiger partial charge in [-0.15, -0.1) is 12.3 Å². The zero-order valence-electron chi connectivity index (χ0n) is 11.1. The lowest BCUT2D eigenvalue weighted by atomic mass is 10.2. The Hall–Kier alpha value is -1.35. The zero-order valence-corrected chi connectivity index (χ0v) is 12.0. The number of nitrogens with one attached hydrogen (secondary N) is 2. The van der Waals surface area contributed by atoms with Gasteiger partial charge in [0.05, 0.1) is 4.90 Å². The van der Waals surface area contributed by atoms with Gasteiger partial charge >= 0.3 is 0 Å². The molecule has 0 atom stereocenters. The summed E-state index contributed by atoms with van der Waals surface area (Å²) < 4.78 is 26.2. The Morgan fingerprint density at radius 2 is 1.89 bits per heavy atom. The number of terminal acetylenes is 1. The lowest BCUT2D eigenvalue weighted by molar-refractivity contribution is 0.582. The van der Waals surface area contributed by atoms with Crippen LogP contribution in [0.4, 0.5) is 0 Å². The van der Waals surface area contributed by atoms with Crippen LogP contribution in [-0.4, -0.2) is 21.5 Å². The van der Waals surface area contributed by atoms with Crippen LogP contribution in [0.15, 0.2) is 29.2 Å². The molecular weight excluding hydrogens is 260 g/mol. The third-order valence-corrected chi connectivity index (χ3v) is 4.03. The molecule has 1 rings (SSSR count). The fraction of sp³-hybridized carbons (Fsp3) is 0.429. The van der Waals surface area contributed by atoms with E-state index in [2.05, 4.69) is 22.9 Å². The van der Waals surface area contributed by atoms with Gasteiger partial charge in [0.2, 0.25) is 10.0 Å². The molecule has 0 aromatic heterocycles. The summed E-state index contributed by atoms with van der Waals surface area (Å²) >= 11 is 0. The molecule has 19 heavy (non-hydrogen) atoms. The van der Waals surface area contributed by atoms with E-state index in [1.165, 1.54) is 0 Å². The summed E-state index contributed by atoms with van der Waals surface area (Å²) in [6.07, 6.45) is 6.54. The fourth-order valence-electron chi connectivity index (χ4n) is 1.54. The first kappa shape index (κ1) is 15.7. The summed E-state index contributed by atoms with van der Waals surface area (Å²) in [4.78, 5) is 0.267. The molecule has 0 spiro atoms. The van der Waals surface area contributed by atoms with Crippen LogP contribution in [0, 0.1) is 12.3 Å². The number of rotatable bonds is 8. The predicted octanol–water partition coefficient (Wildman–Crippen LogP) is 1.49. The van der Waals surface area contributed by atoms with Crippen LogP contribution in [0.25, 0.3) is 0 Å². The van der Waals surface area contributed by atoms with Crippen molar-refractivity contribution < 1.29 is 8.42 Å². The molecule has 0 radical (unpaired) electrons. The molecular formula is C14H20N2O2S. The summed E-state index contributed by atoms with van der Waals surface area (Å²) in [6.45, 7) is 4.07. The van der Waals surface area contributed by atoms with Gasteiger partial charge < -0.3 is 5.32 Å². The molecule has 0 saturated heterocycles. The van der Waals surface area contributed by atoms with Gasteiger partial charge in [-0.2, -0.15) is 0 Å². The lowest BCUT2D eigenvalue weighted by Gasteiger charge is -2.07. The molecule has 0 saturated carbocycles. The van der Waals surface area contributed by atoms with Crippen molar-refractivity contribution in [1.82, 2.24) is 10.0 Å². The Labute approximate surface area is 115 Å². The summed E-state index contributed by atoms with van der Waals surface area (Å²) in [7, 11) is -3.44. The first-order valence-electron chi connectivity index (χ1n) is 6.33. The molecule has 2 N–H and O–H groups in total. The average Bonchev–Trinajstić information content (AvgIpc) is 2.40. The van der Waals surface area contributed by atoms with Crippen LogP contribution in [-0.2, 0) is 16.6 Å². The molecule has 1 aromatic carbocycles. The van der Waals surface area contributed by atoms with Crippen molar-refractivity contribution in [3.05, 3.63) is 29.8 Å². The first-order valence-corrected chi connectivity index (χ1v) is 7.81. The van der Waals surface area contributed by atoms with Gasteiger partial charge in [0.25, 0.3) is 0 Å². The van der Waals surface area contributed by atoms with E-state index in [0.29, 0.717) is 6.42 Å². The van der Waals surface area contributed by atoms with Crippen LogP contribution in [0.2, 0.25) is 0 Å². The van der Waals surface area contributed by atoms with Crippen molar-refractivity contribution in [2.75, 3.05) is 13.1 Å². The van der Waals surface area contributed by atoms with E-state index in [1.54, 1.807) is 12.1 Å². The number of hydrogen-bond acceptors (Lipinski definition) is 3. The van der Waals surface area contributed by atoms with E-state index in [4.69, 9.17) is 6.42 Å². The highest BCUT2D eigenvalue weighted by atomic mass is 32.2. The minimum absolute atomic E-state index is 0.263. The van der Waals surface area contributed by atoms with Crippen LogP contribution in [0.5, 0.6) is 0 Å². The summed E-state index contributed by atoms with van der Waals surface area (Å²) in [5, 5.41) is 3.26. The van der Waals surface area contributed by atoms with Crippen molar-refractivity contribution in [3.63, 3.8) is 0 Å². The maximum atomic E-state index is 11.9. The SMILES string of the molecule is C#CCCNS(=O)(=O)c1ccc(CNCCC)cc1. The minimum atomic E-state index is -3.44. The van der Waals surface area contributed by atoms with E-state index in [0.717, 1.165) is 25.1 Å². The fourth-order valence-corrected chi connectivity index (χ4v) is 2.57. The van der Waals surface area contributed by atoms with E-state index in [-0.39, 0.29) is 11.4 Å². The highest BCUT2D eigenvalue weighted by Crippen LogP contribution is 2.10. The Morgan fingerprint density at radius 1 is 1.21 bits per heavy atom. The number of sulfonamides is 1.